The molecular weight excluding hydrogens is 248 g/mol. The highest BCUT2D eigenvalue weighted by molar-refractivity contribution is 7.80. The van der Waals surface area contributed by atoms with E-state index in [1.54, 1.807) is 22.8 Å². The minimum absolute atomic E-state index is 0.0147. The Labute approximate surface area is 113 Å². The Morgan fingerprint density at radius 1 is 1.67 bits per heavy atom. The lowest BCUT2D eigenvalue weighted by molar-refractivity contribution is 0.0754. The van der Waals surface area contributed by atoms with Crippen LogP contribution in [0.5, 0.6) is 0 Å². The van der Waals surface area contributed by atoms with Crippen LogP contribution in [-0.2, 0) is 7.05 Å². The van der Waals surface area contributed by atoms with Gasteiger partial charge in [-0.1, -0.05) is 19.1 Å². The van der Waals surface area contributed by atoms with Gasteiger partial charge in [-0.15, -0.1) is 0 Å². The second-order valence-corrected chi connectivity index (χ2v) is 4.92. The van der Waals surface area contributed by atoms with Crippen molar-refractivity contribution < 1.29 is 4.79 Å². The predicted octanol–water partition coefficient (Wildman–Crippen LogP) is 1.11. The van der Waals surface area contributed by atoms with Gasteiger partial charge in [-0.2, -0.15) is 5.10 Å². The predicted molar refractivity (Wildman–Crippen MR) is 75.5 cm³/mol. The van der Waals surface area contributed by atoms with Crippen LogP contribution < -0.4 is 5.73 Å². The molecule has 100 valence electrons. The van der Waals surface area contributed by atoms with Crippen molar-refractivity contribution in [2.75, 3.05) is 13.1 Å². The second kappa shape index (κ2) is 5.95. The standard InChI is InChI=1S/C12H20N4OS/c1-5-16(6-8(2)11(13)18)12(17)10-7-15(4)14-9(10)3/h7-8H,5-6H2,1-4H3,(H2,13,18). The number of aromatic nitrogens is 2. The maximum atomic E-state index is 12.4. The highest BCUT2D eigenvalue weighted by Gasteiger charge is 2.21. The van der Waals surface area contributed by atoms with E-state index in [-0.39, 0.29) is 11.8 Å². The molecule has 6 heteroatoms. The SMILES string of the molecule is CCN(CC(C)C(N)=S)C(=O)c1cn(C)nc1C. The van der Waals surface area contributed by atoms with E-state index >= 15 is 0 Å². The quantitative estimate of drug-likeness (QED) is 0.813. The number of thiocarbonyl (C=S) groups is 1. The number of aryl methyl sites for hydroxylation is 2. The van der Waals surface area contributed by atoms with Crippen molar-refractivity contribution in [2.24, 2.45) is 18.7 Å². The summed E-state index contributed by atoms with van der Waals surface area (Å²) in [6.07, 6.45) is 1.74. The van der Waals surface area contributed by atoms with Gasteiger partial charge in [0.15, 0.2) is 0 Å². The number of hydrogen-bond donors (Lipinski definition) is 1. The smallest absolute Gasteiger partial charge is 0.257 e. The molecule has 1 amide bonds. The summed E-state index contributed by atoms with van der Waals surface area (Å²) in [5, 5.41) is 4.18. The molecule has 1 atom stereocenters. The number of carbonyl (C=O) groups is 1. The van der Waals surface area contributed by atoms with Gasteiger partial charge in [-0.05, 0) is 13.8 Å². The van der Waals surface area contributed by atoms with E-state index < -0.39 is 0 Å². The molecule has 1 unspecified atom stereocenters. The molecule has 2 N–H and O–H groups in total. The Balaban J connectivity index is 2.86. The molecule has 5 nitrogen and oxygen atoms in total. The van der Waals surface area contributed by atoms with Gasteiger partial charge in [0.25, 0.3) is 5.91 Å². The third kappa shape index (κ3) is 3.29. The molecule has 0 aromatic carbocycles. The zero-order valence-electron chi connectivity index (χ0n) is 11.3. The maximum Gasteiger partial charge on any atom is 0.257 e. The number of hydrogen-bond acceptors (Lipinski definition) is 3. The summed E-state index contributed by atoms with van der Waals surface area (Å²) in [5.74, 6) is -0.00734. The average molecular weight is 268 g/mol. The summed E-state index contributed by atoms with van der Waals surface area (Å²) in [6, 6.07) is 0. The van der Waals surface area contributed by atoms with Crippen LogP contribution in [0.2, 0.25) is 0 Å². The second-order valence-electron chi connectivity index (χ2n) is 4.45. The molecule has 0 saturated carbocycles. The molecule has 1 heterocycles. The third-order valence-electron chi connectivity index (χ3n) is 2.89. The summed E-state index contributed by atoms with van der Waals surface area (Å²) in [7, 11) is 1.80. The van der Waals surface area contributed by atoms with Crippen LogP contribution in [0.1, 0.15) is 29.9 Å². The van der Waals surface area contributed by atoms with Crippen LogP contribution in [-0.4, -0.2) is 38.7 Å². The monoisotopic (exact) mass is 268 g/mol. The van der Waals surface area contributed by atoms with Crippen LogP contribution >= 0.6 is 12.2 Å². The van der Waals surface area contributed by atoms with Crippen LogP contribution in [0.4, 0.5) is 0 Å². The fraction of sp³-hybridized carbons (Fsp3) is 0.583. The summed E-state index contributed by atoms with van der Waals surface area (Å²) >= 11 is 4.94. The molecule has 1 aromatic heterocycles. The highest BCUT2D eigenvalue weighted by atomic mass is 32.1. The van der Waals surface area contributed by atoms with Gasteiger partial charge in [0.05, 0.1) is 16.2 Å². The van der Waals surface area contributed by atoms with E-state index in [1.807, 2.05) is 20.8 Å². The van der Waals surface area contributed by atoms with E-state index in [0.29, 0.717) is 23.6 Å². The van der Waals surface area contributed by atoms with E-state index in [1.165, 1.54) is 0 Å². The van der Waals surface area contributed by atoms with Gasteiger partial charge in [-0.3, -0.25) is 9.48 Å². The number of nitrogens with two attached hydrogens (primary N) is 1. The minimum atomic E-state index is -0.0220. The first-order valence-corrected chi connectivity index (χ1v) is 6.36. The Hall–Kier alpha value is -1.43. The number of nitrogens with zero attached hydrogens (tertiary/aromatic N) is 3. The van der Waals surface area contributed by atoms with Crippen LogP contribution in [0.25, 0.3) is 0 Å². The summed E-state index contributed by atoms with van der Waals surface area (Å²) in [5.41, 5.74) is 6.96. The number of rotatable bonds is 5. The topological polar surface area (TPSA) is 64.2 Å². The zero-order valence-corrected chi connectivity index (χ0v) is 12.1. The molecule has 0 bridgehead atoms. The Morgan fingerprint density at radius 3 is 2.67 bits per heavy atom. The first kappa shape index (κ1) is 14.6. The largest absolute Gasteiger partial charge is 0.393 e. The molecule has 0 saturated heterocycles. The van der Waals surface area contributed by atoms with Gasteiger partial charge in [0.2, 0.25) is 0 Å². The van der Waals surface area contributed by atoms with E-state index in [0.717, 1.165) is 5.69 Å². The zero-order chi connectivity index (χ0) is 13.9. The van der Waals surface area contributed by atoms with Crippen LogP contribution in [0.15, 0.2) is 6.20 Å². The minimum Gasteiger partial charge on any atom is -0.393 e. The normalized spacial score (nSPS) is 12.2. The fourth-order valence-corrected chi connectivity index (χ4v) is 1.83. The fourth-order valence-electron chi connectivity index (χ4n) is 1.76. The van der Waals surface area contributed by atoms with Gasteiger partial charge >= 0.3 is 0 Å². The molecule has 0 aliphatic rings. The number of amides is 1. The van der Waals surface area contributed by atoms with Crippen molar-refractivity contribution in [1.82, 2.24) is 14.7 Å². The van der Waals surface area contributed by atoms with E-state index in [2.05, 4.69) is 5.10 Å². The molecule has 0 fully saturated rings. The first-order valence-electron chi connectivity index (χ1n) is 5.95. The molecule has 0 aliphatic heterocycles. The molecule has 0 aliphatic carbocycles. The first-order chi connectivity index (χ1) is 8.36. The lowest BCUT2D eigenvalue weighted by Gasteiger charge is -2.23. The van der Waals surface area contributed by atoms with Crippen LogP contribution in [0, 0.1) is 12.8 Å². The Morgan fingerprint density at radius 2 is 2.28 bits per heavy atom. The third-order valence-corrected chi connectivity index (χ3v) is 3.30. The Bertz CT molecular complexity index is 455. The van der Waals surface area contributed by atoms with Gasteiger partial charge < -0.3 is 10.6 Å². The average Bonchev–Trinajstić information content (AvgIpc) is 2.63. The lowest BCUT2D eigenvalue weighted by Crippen LogP contribution is -2.38. The van der Waals surface area contributed by atoms with Crippen LogP contribution in [0.3, 0.4) is 0 Å². The highest BCUT2D eigenvalue weighted by Crippen LogP contribution is 2.11. The van der Waals surface area contributed by atoms with E-state index in [4.69, 9.17) is 18.0 Å². The van der Waals surface area contributed by atoms with Crippen molar-refractivity contribution in [3.63, 3.8) is 0 Å². The van der Waals surface area contributed by atoms with Crippen molar-refractivity contribution in [3.05, 3.63) is 17.5 Å². The lowest BCUT2D eigenvalue weighted by atomic mass is 10.1. The van der Waals surface area contributed by atoms with Crippen molar-refractivity contribution in [3.8, 4) is 0 Å². The van der Waals surface area contributed by atoms with Crippen molar-refractivity contribution in [2.45, 2.75) is 20.8 Å². The van der Waals surface area contributed by atoms with Crippen molar-refractivity contribution in [1.29, 1.82) is 0 Å². The molecule has 0 spiro atoms. The van der Waals surface area contributed by atoms with Gasteiger partial charge in [0.1, 0.15) is 0 Å². The van der Waals surface area contributed by atoms with Crippen molar-refractivity contribution >= 4 is 23.1 Å². The molecular formula is C12H20N4OS. The number of carbonyl (C=O) groups excluding carboxylic acids is 1. The molecule has 18 heavy (non-hydrogen) atoms. The summed E-state index contributed by atoms with van der Waals surface area (Å²) in [4.78, 5) is 14.5. The molecule has 0 radical (unpaired) electrons. The Kier molecular flexibility index (Phi) is 4.84. The maximum absolute atomic E-state index is 12.4. The molecule has 1 aromatic rings. The molecule has 1 rings (SSSR count). The summed E-state index contributed by atoms with van der Waals surface area (Å²) in [6.45, 7) is 6.86. The van der Waals surface area contributed by atoms with Gasteiger partial charge in [0, 0.05) is 32.3 Å². The summed E-state index contributed by atoms with van der Waals surface area (Å²) < 4.78 is 1.65. The van der Waals surface area contributed by atoms with E-state index in [9.17, 15) is 4.79 Å². The van der Waals surface area contributed by atoms with Gasteiger partial charge in [-0.25, -0.2) is 0 Å².